The van der Waals surface area contributed by atoms with Gasteiger partial charge in [0.25, 0.3) is 0 Å². The molecule has 1 fully saturated rings. The second-order valence-corrected chi connectivity index (χ2v) is 7.69. The Labute approximate surface area is 148 Å². The van der Waals surface area contributed by atoms with E-state index in [-0.39, 0.29) is 6.10 Å². The van der Waals surface area contributed by atoms with Gasteiger partial charge in [0.2, 0.25) is 0 Å². The molecular weight excluding hydrogens is 314 g/mol. The summed E-state index contributed by atoms with van der Waals surface area (Å²) < 4.78 is 2.08. The van der Waals surface area contributed by atoms with Crippen LogP contribution < -0.4 is 0 Å². The zero-order valence-corrected chi connectivity index (χ0v) is 15.1. The topological polar surface area (TPSA) is 67.1 Å². The first kappa shape index (κ1) is 16.7. The minimum atomic E-state index is -0.386. The number of hydrogen-bond acceptors (Lipinski definition) is 5. The van der Waals surface area contributed by atoms with Crippen molar-refractivity contribution in [1.82, 2.24) is 24.6 Å². The number of nitrogens with zero attached hydrogens (tertiary/aromatic N) is 5. The van der Waals surface area contributed by atoms with E-state index in [1.54, 1.807) is 0 Å². The van der Waals surface area contributed by atoms with E-state index in [1.165, 1.54) is 5.69 Å². The van der Waals surface area contributed by atoms with E-state index < -0.39 is 0 Å². The molecule has 1 atom stereocenters. The second-order valence-electron chi connectivity index (χ2n) is 7.69. The van der Waals surface area contributed by atoms with Gasteiger partial charge in [-0.3, -0.25) is 9.58 Å². The van der Waals surface area contributed by atoms with E-state index in [0.29, 0.717) is 11.8 Å². The molecule has 0 amide bonds. The van der Waals surface area contributed by atoms with Crippen molar-refractivity contribution in [3.05, 3.63) is 41.2 Å². The molecule has 0 saturated heterocycles. The molecule has 25 heavy (non-hydrogen) atoms. The standard InChI is InChI=1S/C19H27N5O/c1-13(2)19-20-7-6-15(21-19)11-23-8-3-9-24-16(12-23)10-17(22-24)18(25)14-4-5-14/h6-7,10,13-14,18,25H,3-5,8-9,11-12H2,1-2H3/t18-/m0/s1. The Morgan fingerprint density at radius 2 is 2.12 bits per heavy atom. The van der Waals surface area contributed by atoms with Crippen molar-refractivity contribution in [2.45, 2.75) is 64.8 Å². The summed E-state index contributed by atoms with van der Waals surface area (Å²) in [7, 11) is 0. The van der Waals surface area contributed by atoms with Crippen molar-refractivity contribution in [3.8, 4) is 0 Å². The molecule has 2 aromatic rings. The van der Waals surface area contributed by atoms with Gasteiger partial charge in [-0.05, 0) is 37.3 Å². The summed E-state index contributed by atoms with van der Waals surface area (Å²) in [4.78, 5) is 11.5. The molecule has 0 bridgehead atoms. The highest BCUT2D eigenvalue weighted by atomic mass is 16.3. The smallest absolute Gasteiger partial charge is 0.131 e. The lowest BCUT2D eigenvalue weighted by Gasteiger charge is -2.19. The molecule has 2 aromatic heterocycles. The van der Waals surface area contributed by atoms with Crippen LogP contribution in [0.1, 0.15) is 68.0 Å². The van der Waals surface area contributed by atoms with Gasteiger partial charge >= 0.3 is 0 Å². The Kier molecular flexibility index (Phi) is 4.56. The van der Waals surface area contributed by atoms with Gasteiger partial charge in [-0.1, -0.05) is 13.8 Å². The Morgan fingerprint density at radius 3 is 2.88 bits per heavy atom. The number of aryl methyl sites for hydroxylation is 1. The van der Waals surface area contributed by atoms with Crippen LogP contribution in [-0.2, 0) is 19.6 Å². The predicted molar refractivity (Wildman–Crippen MR) is 94.8 cm³/mol. The van der Waals surface area contributed by atoms with Gasteiger partial charge in [0, 0.05) is 38.3 Å². The zero-order chi connectivity index (χ0) is 17.4. The highest BCUT2D eigenvalue weighted by Gasteiger charge is 2.33. The van der Waals surface area contributed by atoms with Gasteiger partial charge < -0.3 is 5.11 Å². The first-order valence-corrected chi connectivity index (χ1v) is 9.39. The molecule has 0 unspecified atom stereocenters. The molecular formula is C19H27N5O. The molecule has 2 aliphatic rings. The number of aliphatic hydroxyl groups is 1. The Morgan fingerprint density at radius 1 is 1.28 bits per heavy atom. The molecule has 1 N–H and O–H groups in total. The van der Waals surface area contributed by atoms with E-state index in [2.05, 4.69) is 39.6 Å². The zero-order valence-electron chi connectivity index (χ0n) is 15.1. The van der Waals surface area contributed by atoms with Gasteiger partial charge in [-0.2, -0.15) is 5.10 Å². The fourth-order valence-corrected chi connectivity index (χ4v) is 3.49. The number of aromatic nitrogens is 4. The molecule has 6 nitrogen and oxygen atoms in total. The van der Waals surface area contributed by atoms with Gasteiger partial charge in [-0.25, -0.2) is 9.97 Å². The van der Waals surface area contributed by atoms with Gasteiger partial charge in [0.05, 0.1) is 17.1 Å². The minimum Gasteiger partial charge on any atom is -0.386 e. The third kappa shape index (κ3) is 3.75. The molecule has 1 saturated carbocycles. The van der Waals surface area contributed by atoms with Crippen molar-refractivity contribution < 1.29 is 5.11 Å². The normalized spacial score (nSPS) is 19.7. The highest BCUT2D eigenvalue weighted by Crippen LogP contribution is 2.40. The van der Waals surface area contributed by atoms with Crippen molar-refractivity contribution >= 4 is 0 Å². The Bertz CT molecular complexity index is 737. The Hall–Kier alpha value is -1.79. The minimum absolute atomic E-state index is 0.344. The van der Waals surface area contributed by atoms with E-state index in [9.17, 15) is 5.11 Å². The van der Waals surface area contributed by atoms with E-state index in [0.717, 1.165) is 62.7 Å². The summed E-state index contributed by atoms with van der Waals surface area (Å²) in [6.45, 7) is 7.88. The highest BCUT2D eigenvalue weighted by molar-refractivity contribution is 5.16. The Balaban J connectivity index is 1.48. The van der Waals surface area contributed by atoms with E-state index in [1.807, 2.05) is 12.3 Å². The summed E-state index contributed by atoms with van der Waals surface area (Å²) in [5.41, 5.74) is 3.12. The maximum Gasteiger partial charge on any atom is 0.131 e. The van der Waals surface area contributed by atoms with E-state index in [4.69, 9.17) is 4.98 Å². The van der Waals surface area contributed by atoms with Gasteiger partial charge in [-0.15, -0.1) is 0 Å². The lowest BCUT2D eigenvalue weighted by Crippen LogP contribution is -2.23. The number of aliphatic hydroxyl groups excluding tert-OH is 1. The largest absolute Gasteiger partial charge is 0.386 e. The van der Waals surface area contributed by atoms with Crippen LogP contribution in [0.4, 0.5) is 0 Å². The fourth-order valence-electron chi connectivity index (χ4n) is 3.49. The summed E-state index contributed by atoms with van der Waals surface area (Å²) in [6.07, 6.45) is 4.80. The molecule has 6 heteroatoms. The molecule has 4 rings (SSSR count). The van der Waals surface area contributed by atoms with Crippen LogP contribution in [0.15, 0.2) is 18.3 Å². The molecule has 0 aromatic carbocycles. The van der Waals surface area contributed by atoms with E-state index >= 15 is 0 Å². The molecule has 1 aliphatic carbocycles. The maximum atomic E-state index is 10.4. The van der Waals surface area contributed by atoms with Crippen LogP contribution in [0.3, 0.4) is 0 Å². The molecule has 1 aliphatic heterocycles. The predicted octanol–water partition coefficient (Wildman–Crippen LogP) is 2.65. The SMILES string of the molecule is CC(C)c1nccc(CN2CCCn3nc([C@@H](O)C4CC4)cc3C2)n1. The first-order valence-electron chi connectivity index (χ1n) is 9.39. The number of fused-ring (bicyclic) bond motifs is 1. The van der Waals surface area contributed by atoms with Crippen molar-refractivity contribution in [3.63, 3.8) is 0 Å². The fraction of sp³-hybridized carbons (Fsp3) is 0.632. The quantitative estimate of drug-likeness (QED) is 0.905. The van der Waals surface area contributed by atoms with Gasteiger partial charge in [0.1, 0.15) is 11.9 Å². The summed E-state index contributed by atoms with van der Waals surface area (Å²) in [6, 6.07) is 4.11. The molecule has 0 radical (unpaired) electrons. The maximum absolute atomic E-state index is 10.4. The van der Waals surface area contributed by atoms with Crippen molar-refractivity contribution in [1.29, 1.82) is 0 Å². The monoisotopic (exact) mass is 341 g/mol. The lowest BCUT2D eigenvalue weighted by molar-refractivity contribution is 0.148. The summed E-state index contributed by atoms with van der Waals surface area (Å²) >= 11 is 0. The van der Waals surface area contributed by atoms with Crippen molar-refractivity contribution in [2.75, 3.05) is 6.54 Å². The third-order valence-corrected chi connectivity index (χ3v) is 5.12. The average Bonchev–Trinajstić information content (AvgIpc) is 3.39. The van der Waals surface area contributed by atoms with Crippen molar-refractivity contribution in [2.24, 2.45) is 5.92 Å². The second kappa shape index (κ2) is 6.84. The van der Waals surface area contributed by atoms with Crippen LogP contribution in [0.5, 0.6) is 0 Å². The average molecular weight is 341 g/mol. The van der Waals surface area contributed by atoms with Crippen LogP contribution in [-0.4, -0.2) is 36.3 Å². The van der Waals surface area contributed by atoms with Crippen LogP contribution in [0, 0.1) is 5.92 Å². The first-order chi connectivity index (χ1) is 12.1. The number of hydrogen-bond donors (Lipinski definition) is 1. The summed E-state index contributed by atoms with van der Waals surface area (Å²) in [5, 5.41) is 15.0. The molecule has 134 valence electrons. The van der Waals surface area contributed by atoms with Gasteiger partial charge in [0.15, 0.2) is 0 Å². The summed E-state index contributed by atoms with van der Waals surface area (Å²) in [5.74, 6) is 1.68. The third-order valence-electron chi connectivity index (χ3n) is 5.12. The van der Waals surface area contributed by atoms with Crippen LogP contribution >= 0.6 is 0 Å². The molecule has 0 spiro atoms. The van der Waals surface area contributed by atoms with Crippen LogP contribution in [0.25, 0.3) is 0 Å². The number of rotatable bonds is 5. The van der Waals surface area contributed by atoms with Crippen LogP contribution in [0.2, 0.25) is 0 Å². The molecule has 3 heterocycles. The lowest BCUT2D eigenvalue weighted by atomic mass is 10.1.